The second-order valence-electron chi connectivity index (χ2n) is 31.5. The van der Waals surface area contributed by atoms with E-state index in [-0.39, 0.29) is 10.8 Å². The van der Waals surface area contributed by atoms with E-state index in [2.05, 4.69) is 392 Å². The molecule has 1 heteroatoms. The molecule has 0 spiro atoms. The molecule has 0 fully saturated rings. The molecule has 21 aromatic rings. The first-order valence-electron chi connectivity index (χ1n) is 38.9. The molecule has 0 radical (unpaired) electrons. The zero-order valence-electron chi connectivity index (χ0n) is 62.2. The molecule has 2 aliphatic carbocycles. The Labute approximate surface area is 645 Å². The van der Waals surface area contributed by atoms with Crippen molar-refractivity contribution in [1.29, 1.82) is 0 Å². The number of fused-ring (bicyclic) bond motifs is 20. The molecule has 0 atom stereocenters. The normalized spacial score (nSPS) is 13.2. The Bertz CT molecular complexity index is 7410. The maximum absolute atomic E-state index is 6.23. The lowest BCUT2D eigenvalue weighted by atomic mass is 9.77. The first-order valence-corrected chi connectivity index (χ1v) is 38.9. The molecule has 0 aliphatic heterocycles. The van der Waals surface area contributed by atoms with Crippen LogP contribution in [0.4, 0.5) is 0 Å². The van der Waals surface area contributed by atoms with Crippen LogP contribution < -0.4 is 0 Å². The molecule has 0 N–H and O–H groups in total. The molecule has 1 aromatic heterocycles. The summed E-state index contributed by atoms with van der Waals surface area (Å²) in [5.41, 5.74) is 30.1. The minimum absolute atomic E-state index is 0.148. The summed E-state index contributed by atoms with van der Waals surface area (Å²) in [4.78, 5) is 0. The van der Waals surface area contributed by atoms with Crippen LogP contribution in [0.25, 0.3) is 208 Å². The summed E-state index contributed by atoms with van der Waals surface area (Å²) < 4.78 is 6.23. The molecular weight excluding hydrogens is 1340 g/mol. The van der Waals surface area contributed by atoms with Crippen LogP contribution in [0.5, 0.6) is 0 Å². The lowest BCUT2D eigenvalue weighted by molar-refractivity contribution is 0.668. The average molecular weight is 1410 g/mol. The largest absolute Gasteiger partial charge is 0.456 e. The van der Waals surface area contributed by atoms with E-state index in [1.54, 1.807) is 0 Å². The van der Waals surface area contributed by atoms with Gasteiger partial charge in [0, 0.05) is 21.6 Å². The van der Waals surface area contributed by atoms with Gasteiger partial charge in [-0.25, -0.2) is 0 Å². The summed E-state index contributed by atoms with van der Waals surface area (Å²) in [5, 5.41) is 22.8. The SMILES string of the molecule is CC1(C)c2c(-c3cccc(-c4c5ccccc5c(-c5ccc6c(ccc7ccccc76)c5)c5ccccc45)c3)cccc2-c2ccc3ccccc3c21.CC1(C)c2c(-c3cccc(-c4c5ccccc5c(-c5ccccc5-c5ccc6oc7ccccc7c6c5)c5ccccc45)c3)cccc2-c2ccc3ccccc3c21. The molecule has 0 saturated heterocycles. The first-order chi connectivity index (χ1) is 54.6. The highest BCUT2D eigenvalue weighted by Crippen LogP contribution is 2.58. The van der Waals surface area contributed by atoms with Crippen LogP contribution in [0.15, 0.2) is 381 Å². The third kappa shape index (κ3) is 9.88. The molecule has 2 aliphatic rings. The van der Waals surface area contributed by atoms with E-state index in [0.29, 0.717) is 0 Å². The molecule has 1 nitrogen and oxygen atoms in total. The zero-order chi connectivity index (χ0) is 73.8. The quantitative estimate of drug-likeness (QED) is 0.114. The van der Waals surface area contributed by atoms with Crippen LogP contribution >= 0.6 is 0 Å². The number of rotatable bonds is 7. The maximum atomic E-state index is 6.23. The van der Waals surface area contributed by atoms with Gasteiger partial charge in [0.05, 0.1) is 0 Å². The van der Waals surface area contributed by atoms with Crippen LogP contribution in [0.3, 0.4) is 0 Å². The van der Waals surface area contributed by atoms with Crippen molar-refractivity contribution in [3.8, 4) is 100 Å². The van der Waals surface area contributed by atoms with Gasteiger partial charge < -0.3 is 4.42 Å². The highest BCUT2D eigenvalue weighted by molar-refractivity contribution is 6.25. The van der Waals surface area contributed by atoms with E-state index in [0.717, 1.165) is 21.9 Å². The fraction of sp³-hybridized carbons (Fsp3) is 0.0545. The summed E-state index contributed by atoms with van der Waals surface area (Å²) in [6.07, 6.45) is 0. The van der Waals surface area contributed by atoms with Gasteiger partial charge >= 0.3 is 0 Å². The fourth-order valence-electron chi connectivity index (χ4n) is 20.1. The van der Waals surface area contributed by atoms with Crippen molar-refractivity contribution in [3.63, 3.8) is 0 Å². The first kappa shape index (κ1) is 64.5. The van der Waals surface area contributed by atoms with Gasteiger partial charge in [-0.15, -0.1) is 0 Å². The monoisotopic (exact) mass is 1410 g/mol. The van der Waals surface area contributed by atoms with Gasteiger partial charge in [0.25, 0.3) is 0 Å². The van der Waals surface area contributed by atoms with Crippen molar-refractivity contribution >= 4 is 108 Å². The average Bonchev–Trinajstić information content (AvgIpc) is 1.45. The van der Waals surface area contributed by atoms with E-state index in [4.69, 9.17) is 4.42 Å². The second-order valence-corrected chi connectivity index (χ2v) is 31.5. The van der Waals surface area contributed by atoms with E-state index in [9.17, 15) is 0 Å². The van der Waals surface area contributed by atoms with Crippen molar-refractivity contribution in [2.75, 3.05) is 0 Å². The van der Waals surface area contributed by atoms with Gasteiger partial charge in [0.2, 0.25) is 0 Å². The van der Waals surface area contributed by atoms with E-state index < -0.39 is 0 Å². The Kier molecular flexibility index (Phi) is 14.5. The summed E-state index contributed by atoms with van der Waals surface area (Å²) in [6.45, 7) is 9.63. The number of hydrogen-bond acceptors (Lipinski definition) is 1. The van der Waals surface area contributed by atoms with Gasteiger partial charge in [-0.3, -0.25) is 0 Å². The molecule has 0 amide bonds. The van der Waals surface area contributed by atoms with Crippen molar-refractivity contribution in [3.05, 3.63) is 398 Å². The van der Waals surface area contributed by atoms with Crippen LogP contribution in [0.2, 0.25) is 0 Å². The number of para-hydroxylation sites is 1. The number of hydrogen-bond donors (Lipinski definition) is 0. The maximum Gasteiger partial charge on any atom is 0.135 e. The number of benzene rings is 20. The summed E-state index contributed by atoms with van der Waals surface area (Å²) in [7, 11) is 0. The third-order valence-electron chi connectivity index (χ3n) is 24.8. The molecule has 0 bridgehead atoms. The predicted octanol–water partition coefficient (Wildman–Crippen LogP) is 30.8. The molecule has 111 heavy (non-hydrogen) atoms. The molecule has 23 rings (SSSR count). The van der Waals surface area contributed by atoms with E-state index >= 15 is 0 Å². The fourth-order valence-corrected chi connectivity index (χ4v) is 20.1. The lowest BCUT2D eigenvalue weighted by Crippen LogP contribution is -2.16. The molecule has 20 aromatic carbocycles. The van der Waals surface area contributed by atoms with Gasteiger partial charge in [-0.1, -0.05) is 367 Å². The molecule has 1 heterocycles. The van der Waals surface area contributed by atoms with E-state index in [1.165, 1.54) is 209 Å². The minimum atomic E-state index is -0.165. The van der Waals surface area contributed by atoms with Gasteiger partial charge in [0.1, 0.15) is 11.2 Å². The topological polar surface area (TPSA) is 13.1 Å². The zero-order valence-corrected chi connectivity index (χ0v) is 62.2. The van der Waals surface area contributed by atoms with Crippen molar-refractivity contribution in [2.24, 2.45) is 0 Å². The van der Waals surface area contributed by atoms with Gasteiger partial charge in [0.15, 0.2) is 0 Å². The Morgan fingerprint density at radius 2 is 0.477 bits per heavy atom. The highest BCUT2D eigenvalue weighted by Gasteiger charge is 2.41. The summed E-state index contributed by atoms with van der Waals surface area (Å²) in [6, 6.07) is 139. The Morgan fingerprint density at radius 1 is 0.162 bits per heavy atom. The van der Waals surface area contributed by atoms with Crippen LogP contribution in [-0.2, 0) is 10.8 Å². The molecule has 520 valence electrons. The Morgan fingerprint density at radius 3 is 0.982 bits per heavy atom. The summed E-state index contributed by atoms with van der Waals surface area (Å²) in [5.74, 6) is 0. The van der Waals surface area contributed by atoms with Crippen LogP contribution in [0.1, 0.15) is 49.9 Å². The molecular formula is C110H74O. The lowest BCUT2D eigenvalue weighted by Gasteiger charge is -2.26. The number of furan rings is 1. The standard InChI is InChI=1S/C57H38O.C53H36/c1-57(2)55-40-19-4-3-15-35(40)29-31-49(55)48-27-14-26-41(56(48)57)36-16-13-17-38(33-36)53-44-22-7-9-24-46(44)54(47-25-10-8-23-45(47)53)43-21-6-5-18-39(43)37-30-32-52-50(34-37)42-20-11-12-28-51(42)58-52;1-53(2)51-41-18-6-4-14-34(41)27-30-48(51)47-24-12-23-42(52(47)53)35-15-11-16-37(31-35)49-43-19-7-9-21-45(43)50(46-22-10-8-20-44(46)49)38-28-29-40-36(32-38)26-25-33-13-3-5-17-39(33)40/h3-34H,1-2H3;3-32H,1-2H3. The molecule has 0 unspecified atom stereocenters. The van der Waals surface area contributed by atoms with Crippen LogP contribution in [0, 0.1) is 0 Å². The van der Waals surface area contributed by atoms with Crippen molar-refractivity contribution in [1.82, 2.24) is 0 Å². The van der Waals surface area contributed by atoms with Crippen molar-refractivity contribution in [2.45, 2.75) is 38.5 Å². The van der Waals surface area contributed by atoms with Gasteiger partial charge in [-0.2, -0.15) is 0 Å². The Hall–Kier alpha value is -13.7. The Balaban J connectivity index is 0.000000137. The van der Waals surface area contributed by atoms with Crippen molar-refractivity contribution < 1.29 is 4.42 Å². The molecule has 0 saturated carbocycles. The minimum Gasteiger partial charge on any atom is -0.456 e. The predicted molar refractivity (Wildman–Crippen MR) is 473 cm³/mol. The van der Waals surface area contributed by atoms with Gasteiger partial charge in [-0.05, 0) is 245 Å². The highest BCUT2D eigenvalue weighted by atomic mass is 16.3. The smallest absolute Gasteiger partial charge is 0.135 e. The second kappa shape index (κ2) is 24.9. The van der Waals surface area contributed by atoms with Crippen LogP contribution in [-0.4, -0.2) is 0 Å². The summed E-state index contributed by atoms with van der Waals surface area (Å²) >= 11 is 0. The third-order valence-corrected chi connectivity index (χ3v) is 24.8. The van der Waals surface area contributed by atoms with E-state index in [1.807, 2.05) is 12.1 Å².